The Morgan fingerprint density at radius 2 is 2.31 bits per heavy atom. The predicted octanol–water partition coefficient (Wildman–Crippen LogP) is -0.0511. The maximum Gasteiger partial charge on any atom is 0.337 e. The van der Waals surface area contributed by atoms with E-state index in [0.29, 0.717) is 13.2 Å². The van der Waals surface area contributed by atoms with Gasteiger partial charge in [0.25, 0.3) is 0 Å². The first kappa shape index (κ1) is 12.3. The summed E-state index contributed by atoms with van der Waals surface area (Å²) in [6, 6.07) is 1.45. The molecule has 0 aliphatic carbocycles. The molecule has 0 aliphatic rings. The Labute approximate surface area is 92.8 Å². The molecule has 1 aromatic rings. The number of hydrogen-bond donors (Lipinski definition) is 2. The Morgan fingerprint density at radius 1 is 1.56 bits per heavy atom. The molecule has 0 saturated carbocycles. The second-order valence-electron chi connectivity index (χ2n) is 3.22. The molecular formula is C10H14N2O4. The van der Waals surface area contributed by atoms with Gasteiger partial charge in [0.15, 0.2) is 0 Å². The number of aromatic carboxylic acids is 1. The number of carbonyl (C=O) groups is 2. The molecule has 0 bridgehead atoms. The Bertz CT molecular complexity index is 373. The van der Waals surface area contributed by atoms with E-state index in [-0.39, 0.29) is 18.0 Å². The fourth-order valence-electron chi connectivity index (χ4n) is 1.18. The van der Waals surface area contributed by atoms with E-state index < -0.39 is 5.97 Å². The number of rotatable bonds is 6. The molecule has 0 radical (unpaired) electrons. The summed E-state index contributed by atoms with van der Waals surface area (Å²) in [6.45, 7) is 1.01. The molecule has 0 saturated heterocycles. The lowest BCUT2D eigenvalue weighted by molar-refractivity contribution is -0.121. The van der Waals surface area contributed by atoms with Crippen LogP contribution in [0.3, 0.4) is 0 Å². The zero-order chi connectivity index (χ0) is 12.0. The molecule has 6 nitrogen and oxygen atoms in total. The van der Waals surface area contributed by atoms with Crippen molar-refractivity contribution in [3.63, 3.8) is 0 Å². The predicted molar refractivity (Wildman–Crippen MR) is 56.3 cm³/mol. The molecule has 0 fully saturated rings. The zero-order valence-corrected chi connectivity index (χ0v) is 8.97. The molecule has 0 aromatic carbocycles. The molecule has 0 aliphatic heterocycles. The van der Waals surface area contributed by atoms with Crippen molar-refractivity contribution in [2.24, 2.45) is 0 Å². The highest BCUT2D eigenvalue weighted by Gasteiger charge is 2.06. The molecule has 6 heteroatoms. The van der Waals surface area contributed by atoms with Gasteiger partial charge in [0.2, 0.25) is 5.91 Å². The number of amides is 1. The molecule has 0 atom stereocenters. The molecule has 0 spiro atoms. The topological polar surface area (TPSA) is 80.6 Å². The van der Waals surface area contributed by atoms with Gasteiger partial charge in [-0.1, -0.05) is 0 Å². The van der Waals surface area contributed by atoms with Gasteiger partial charge in [0, 0.05) is 26.0 Å². The van der Waals surface area contributed by atoms with Crippen molar-refractivity contribution < 1.29 is 19.4 Å². The van der Waals surface area contributed by atoms with Crippen LogP contribution in [0.4, 0.5) is 0 Å². The first-order valence-electron chi connectivity index (χ1n) is 4.78. The van der Waals surface area contributed by atoms with Crippen molar-refractivity contribution in [1.82, 2.24) is 9.88 Å². The lowest BCUT2D eigenvalue weighted by Gasteiger charge is -2.04. The lowest BCUT2D eigenvalue weighted by Crippen LogP contribution is -2.30. The van der Waals surface area contributed by atoms with Crippen LogP contribution in [0.2, 0.25) is 0 Å². The first-order chi connectivity index (χ1) is 7.63. The van der Waals surface area contributed by atoms with Crippen molar-refractivity contribution in [3.05, 3.63) is 24.0 Å². The number of hydrogen-bond acceptors (Lipinski definition) is 3. The van der Waals surface area contributed by atoms with Crippen LogP contribution in [0.15, 0.2) is 18.5 Å². The van der Waals surface area contributed by atoms with Gasteiger partial charge in [-0.15, -0.1) is 0 Å². The normalized spacial score (nSPS) is 10.1. The fourth-order valence-corrected chi connectivity index (χ4v) is 1.18. The average molecular weight is 226 g/mol. The number of aromatic nitrogens is 1. The molecule has 1 rings (SSSR count). The number of ether oxygens (including phenoxy) is 1. The summed E-state index contributed by atoms with van der Waals surface area (Å²) in [5.74, 6) is -1.18. The van der Waals surface area contributed by atoms with Crippen LogP contribution < -0.4 is 5.32 Å². The number of carboxylic acids is 1. The van der Waals surface area contributed by atoms with E-state index >= 15 is 0 Å². The molecule has 0 unspecified atom stereocenters. The number of methoxy groups -OCH3 is 1. The maximum absolute atomic E-state index is 11.3. The van der Waals surface area contributed by atoms with Gasteiger partial charge in [-0.2, -0.15) is 0 Å². The first-order valence-corrected chi connectivity index (χ1v) is 4.78. The second kappa shape index (κ2) is 5.92. The number of carboxylic acid groups (broad SMARTS) is 1. The van der Waals surface area contributed by atoms with Gasteiger partial charge in [0.05, 0.1) is 12.2 Å². The summed E-state index contributed by atoms with van der Waals surface area (Å²) >= 11 is 0. The standard InChI is InChI=1S/C10H14N2O4/c1-16-5-3-11-9(13)7-12-4-2-8(6-12)10(14)15/h2,4,6H,3,5,7H2,1H3,(H,11,13)(H,14,15). The summed E-state index contributed by atoms with van der Waals surface area (Å²) in [5, 5.41) is 11.3. The van der Waals surface area contributed by atoms with Gasteiger partial charge in [0.1, 0.15) is 6.54 Å². The van der Waals surface area contributed by atoms with Gasteiger partial charge >= 0.3 is 5.97 Å². The SMILES string of the molecule is COCCNC(=O)Cn1ccc(C(=O)O)c1. The van der Waals surface area contributed by atoms with Crippen LogP contribution in [-0.2, 0) is 16.1 Å². The third kappa shape index (κ3) is 3.74. The van der Waals surface area contributed by atoms with Gasteiger partial charge in [-0.3, -0.25) is 4.79 Å². The van der Waals surface area contributed by atoms with Crippen molar-refractivity contribution in [2.75, 3.05) is 20.3 Å². The van der Waals surface area contributed by atoms with Crippen LogP contribution in [0.25, 0.3) is 0 Å². The molecular weight excluding hydrogens is 212 g/mol. The fraction of sp³-hybridized carbons (Fsp3) is 0.400. The van der Waals surface area contributed by atoms with Crippen LogP contribution in [0, 0.1) is 0 Å². The van der Waals surface area contributed by atoms with Crippen LogP contribution in [0.5, 0.6) is 0 Å². The highest BCUT2D eigenvalue weighted by atomic mass is 16.5. The minimum Gasteiger partial charge on any atom is -0.478 e. The van der Waals surface area contributed by atoms with E-state index in [9.17, 15) is 9.59 Å². The Balaban J connectivity index is 2.40. The number of carbonyl (C=O) groups excluding carboxylic acids is 1. The molecule has 1 amide bonds. The Hall–Kier alpha value is -1.82. The highest BCUT2D eigenvalue weighted by molar-refractivity contribution is 5.87. The highest BCUT2D eigenvalue weighted by Crippen LogP contribution is 2.00. The minimum atomic E-state index is -1.00. The van der Waals surface area contributed by atoms with E-state index in [4.69, 9.17) is 9.84 Å². The Morgan fingerprint density at radius 3 is 2.88 bits per heavy atom. The maximum atomic E-state index is 11.3. The van der Waals surface area contributed by atoms with Crippen LogP contribution in [-0.4, -0.2) is 41.8 Å². The van der Waals surface area contributed by atoms with Crippen molar-refractivity contribution in [3.8, 4) is 0 Å². The molecule has 2 N–H and O–H groups in total. The van der Waals surface area contributed by atoms with E-state index in [0.717, 1.165) is 0 Å². The van der Waals surface area contributed by atoms with Gasteiger partial charge < -0.3 is 19.7 Å². The summed E-state index contributed by atoms with van der Waals surface area (Å²) in [7, 11) is 1.55. The largest absolute Gasteiger partial charge is 0.478 e. The Kier molecular flexibility index (Phi) is 4.53. The zero-order valence-electron chi connectivity index (χ0n) is 8.97. The lowest BCUT2D eigenvalue weighted by atomic mass is 10.4. The van der Waals surface area contributed by atoms with Crippen LogP contribution in [0.1, 0.15) is 10.4 Å². The summed E-state index contributed by atoms with van der Waals surface area (Å²) in [5.41, 5.74) is 0.171. The van der Waals surface area contributed by atoms with E-state index in [1.807, 2.05) is 0 Å². The van der Waals surface area contributed by atoms with Gasteiger partial charge in [-0.25, -0.2) is 4.79 Å². The molecule has 16 heavy (non-hydrogen) atoms. The third-order valence-corrected chi connectivity index (χ3v) is 1.95. The minimum absolute atomic E-state index is 0.108. The summed E-state index contributed by atoms with van der Waals surface area (Å²) in [6.07, 6.45) is 2.97. The van der Waals surface area contributed by atoms with Crippen molar-refractivity contribution in [2.45, 2.75) is 6.54 Å². The van der Waals surface area contributed by atoms with E-state index in [1.165, 1.54) is 16.8 Å². The number of nitrogens with one attached hydrogen (secondary N) is 1. The number of nitrogens with zero attached hydrogens (tertiary/aromatic N) is 1. The summed E-state index contributed by atoms with van der Waals surface area (Å²) in [4.78, 5) is 21.9. The van der Waals surface area contributed by atoms with Crippen LogP contribution >= 0.6 is 0 Å². The van der Waals surface area contributed by atoms with Crippen molar-refractivity contribution >= 4 is 11.9 Å². The molecule has 1 aromatic heterocycles. The van der Waals surface area contributed by atoms with Crippen molar-refractivity contribution in [1.29, 1.82) is 0 Å². The quantitative estimate of drug-likeness (QED) is 0.666. The van der Waals surface area contributed by atoms with E-state index in [1.54, 1.807) is 13.3 Å². The smallest absolute Gasteiger partial charge is 0.337 e. The molecule has 1 heterocycles. The monoisotopic (exact) mass is 226 g/mol. The third-order valence-electron chi connectivity index (χ3n) is 1.95. The van der Waals surface area contributed by atoms with Gasteiger partial charge in [-0.05, 0) is 6.07 Å². The molecule has 88 valence electrons. The summed E-state index contributed by atoms with van der Waals surface area (Å²) < 4.78 is 6.30. The van der Waals surface area contributed by atoms with E-state index in [2.05, 4.69) is 5.32 Å². The second-order valence-corrected chi connectivity index (χ2v) is 3.22. The average Bonchev–Trinajstić information content (AvgIpc) is 2.66.